The number of carbonyl (C=O) groups is 1. The van der Waals surface area contributed by atoms with E-state index in [2.05, 4.69) is 14.9 Å². The van der Waals surface area contributed by atoms with E-state index < -0.39 is 0 Å². The molecule has 5 heteroatoms. The molecule has 0 aliphatic carbocycles. The van der Waals surface area contributed by atoms with E-state index in [1.165, 1.54) is 7.11 Å². The Morgan fingerprint density at radius 2 is 1.62 bits per heavy atom. The highest BCUT2D eigenvalue weighted by Gasteiger charge is 2.11. The lowest BCUT2D eigenvalue weighted by molar-refractivity contribution is -0.141. The molecule has 0 saturated carbocycles. The molecule has 0 atom stereocenters. The molecule has 2 rings (SSSR count). The van der Waals surface area contributed by atoms with E-state index in [1.807, 2.05) is 36.4 Å². The SMILES string of the molecule is COC(=O)CCN(Cc1ccccn1)Cc1ccccn1. The van der Waals surface area contributed by atoms with Gasteiger partial charge in [0.2, 0.25) is 0 Å². The van der Waals surface area contributed by atoms with Crippen LogP contribution in [0.3, 0.4) is 0 Å². The molecule has 2 heterocycles. The Bertz CT molecular complexity index is 504. The van der Waals surface area contributed by atoms with Crippen LogP contribution in [0.1, 0.15) is 17.8 Å². The normalized spacial score (nSPS) is 10.6. The number of carbonyl (C=O) groups excluding carboxylic acids is 1. The number of rotatable bonds is 7. The molecule has 21 heavy (non-hydrogen) atoms. The zero-order chi connectivity index (χ0) is 14.9. The minimum atomic E-state index is -0.206. The molecule has 0 aliphatic heterocycles. The topological polar surface area (TPSA) is 55.3 Å². The van der Waals surface area contributed by atoms with Crippen LogP contribution in [0, 0.1) is 0 Å². The Morgan fingerprint density at radius 3 is 2.05 bits per heavy atom. The van der Waals surface area contributed by atoms with Crippen molar-refractivity contribution >= 4 is 5.97 Å². The Hall–Kier alpha value is -2.27. The molecule has 0 amide bonds. The fourth-order valence-corrected chi connectivity index (χ4v) is 2.01. The maximum absolute atomic E-state index is 11.3. The molecule has 110 valence electrons. The molecule has 2 aromatic heterocycles. The van der Waals surface area contributed by atoms with Crippen molar-refractivity contribution in [2.45, 2.75) is 19.5 Å². The lowest BCUT2D eigenvalue weighted by Crippen LogP contribution is -2.26. The van der Waals surface area contributed by atoms with Crippen molar-refractivity contribution in [3.8, 4) is 0 Å². The first kappa shape index (κ1) is 15.1. The fourth-order valence-electron chi connectivity index (χ4n) is 2.01. The first-order chi connectivity index (χ1) is 10.3. The van der Waals surface area contributed by atoms with Crippen molar-refractivity contribution in [2.24, 2.45) is 0 Å². The van der Waals surface area contributed by atoms with Gasteiger partial charge in [-0.05, 0) is 24.3 Å². The number of hydrogen-bond donors (Lipinski definition) is 0. The van der Waals surface area contributed by atoms with E-state index in [4.69, 9.17) is 4.74 Å². The van der Waals surface area contributed by atoms with Crippen LogP contribution in [0.2, 0.25) is 0 Å². The minimum Gasteiger partial charge on any atom is -0.469 e. The zero-order valence-electron chi connectivity index (χ0n) is 12.1. The van der Waals surface area contributed by atoms with Crippen molar-refractivity contribution in [2.75, 3.05) is 13.7 Å². The van der Waals surface area contributed by atoms with E-state index in [0.29, 0.717) is 26.1 Å². The Morgan fingerprint density at radius 1 is 1.05 bits per heavy atom. The Labute approximate surface area is 124 Å². The largest absolute Gasteiger partial charge is 0.469 e. The second-order valence-corrected chi connectivity index (χ2v) is 4.68. The van der Waals surface area contributed by atoms with Crippen LogP contribution in [0.5, 0.6) is 0 Å². The van der Waals surface area contributed by atoms with Gasteiger partial charge in [-0.15, -0.1) is 0 Å². The lowest BCUT2D eigenvalue weighted by Gasteiger charge is -2.21. The second kappa shape index (κ2) is 8.11. The van der Waals surface area contributed by atoms with Crippen LogP contribution in [-0.4, -0.2) is 34.5 Å². The van der Waals surface area contributed by atoms with Crippen LogP contribution < -0.4 is 0 Å². The quantitative estimate of drug-likeness (QED) is 0.729. The van der Waals surface area contributed by atoms with Gasteiger partial charge >= 0.3 is 5.97 Å². The monoisotopic (exact) mass is 285 g/mol. The summed E-state index contributed by atoms with van der Waals surface area (Å²) in [6.07, 6.45) is 3.90. The standard InChI is InChI=1S/C16H19N3O2/c1-21-16(20)8-11-19(12-14-6-2-4-9-17-14)13-15-7-3-5-10-18-15/h2-7,9-10H,8,11-13H2,1H3. The van der Waals surface area contributed by atoms with E-state index >= 15 is 0 Å². The minimum absolute atomic E-state index is 0.206. The molecule has 0 unspecified atom stereocenters. The number of esters is 1. The summed E-state index contributed by atoms with van der Waals surface area (Å²) in [6.45, 7) is 1.96. The van der Waals surface area contributed by atoms with Crippen molar-refractivity contribution in [1.82, 2.24) is 14.9 Å². The molecule has 0 aliphatic rings. The first-order valence-corrected chi connectivity index (χ1v) is 6.87. The van der Waals surface area contributed by atoms with E-state index in [9.17, 15) is 4.79 Å². The smallest absolute Gasteiger partial charge is 0.306 e. The predicted octanol–water partition coefficient (Wildman–Crippen LogP) is 2.04. The molecule has 0 aromatic carbocycles. The maximum atomic E-state index is 11.3. The van der Waals surface area contributed by atoms with Gasteiger partial charge in [0.15, 0.2) is 0 Å². The summed E-state index contributed by atoms with van der Waals surface area (Å²) < 4.78 is 4.70. The highest BCUT2D eigenvalue weighted by molar-refractivity contribution is 5.69. The summed E-state index contributed by atoms with van der Waals surface area (Å²) in [5.41, 5.74) is 1.94. The lowest BCUT2D eigenvalue weighted by atomic mass is 10.2. The second-order valence-electron chi connectivity index (χ2n) is 4.68. The summed E-state index contributed by atoms with van der Waals surface area (Å²) in [6, 6.07) is 11.7. The first-order valence-electron chi connectivity index (χ1n) is 6.87. The molecule has 0 spiro atoms. The van der Waals surface area contributed by atoms with Gasteiger partial charge in [-0.2, -0.15) is 0 Å². The molecule has 0 saturated heterocycles. The average molecular weight is 285 g/mol. The molecule has 0 N–H and O–H groups in total. The van der Waals surface area contributed by atoms with Crippen molar-refractivity contribution in [3.05, 3.63) is 60.2 Å². The predicted molar refractivity (Wildman–Crippen MR) is 79.2 cm³/mol. The number of ether oxygens (including phenoxy) is 1. The van der Waals surface area contributed by atoms with Gasteiger partial charge in [0, 0.05) is 32.0 Å². The van der Waals surface area contributed by atoms with Crippen molar-refractivity contribution in [1.29, 1.82) is 0 Å². The van der Waals surface area contributed by atoms with E-state index in [0.717, 1.165) is 11.4 Å². The number of hydrogen-bond acceptors (Lipinski definition) is 5. The Kier molecular flexibility index (Phi) is 5.84. The van der Waals surface area contributed by atoms with Gasteiger partial charge in [0.1, 0.15) is 0 Å². The van der Waals surface area contributed by atoms with Crippen molar-refractivity contribution in [3.63, 3.8) is 0 Å². The third-order valence-electron chi connectivity index (χ3n) is 3.08. The van der Waals surface area contributed by atoms with Gasteiger partial charge in [-0.1, -0.05) is 12.1 Å². The molecule has 5 nitrogen and oxygen atoms in total. The van der Waals surface area contributed by atoms with E-state index in [-0.39, 0.29) is 5.97 Å². The van der Waals surface area contributed by atoms with Gasteiger partial charge < -0.3 is 4.74 Å². The van der Waals surface area contributed by atoms with E-state index in [1.54, 1.807) is 12.4 Å². The third-order valence-corrected chi connectivity index (χ3v) is 3.08. The van der Waals surface area contributed by atoms with Crippen molar-refractivity contribution < 1.29 is 9.53 Å². The maximum Gasteiger partial charge on any atom is 0.306 e. The molecule has 2 aromatic rings. The number of methoxy groups -OCH3 is 1. The molecule has 0 bridgehead atoms. The van der Waals surface area contributed by atoms with Crippen LogP contribution >= 0.6 is 0 Å². The molecule has 0 radical (unpaired) electrons. The van der Waals surface area contributed by atoms with Crippen LogP contribution in [0.15, 0.2) is 48.8 Å². The number of aromatic nitrogens is 2. The molecular weight excluding hydrogens is 266 g/mol. The molecule has 0 fully saturated rings. The van der Waals surface area contributed by atoms with Gasteiger partial charge in [0.25, 0.3) is 0 Å². The van der Waals surface area contributed by atoms with Crippen LogP contribution in [0.25, 0.3) is 0 Å². The molecular formula is C16H19N3O2. The van der Waals surface area contributed by atoms with Crippen LogP contribution in [-0.2, 0) is 22.6 Å². The summed E-state index contributed by atoms with van der Waals surface area (Å²) in [5, 5.41) is 0. The number of nitrogens with zero attached hydrogens (tertiary/aromatic N) is 3. The highest BCUT2D eigenvalue weighted by Crippen LogP contribution is 2.07. The Balaban J connectivity index is 2.01. The van der Waals surface area contributed by atoms with Gasteiger partial charge in [0.05, 0.1) is 24.9 Å². The number of pyridine rings is 2. The highest BCUT2D eigenvalue weighted by atomic mass is 16.5. The summed E-state index contributed by atoms with van der Waals surface area (Å²) in [7, 11) is 1.41. The van der Waals surface area contributed by atoms with Gasteiger partial charge in [-0.25, -0.2) is 0 Å². The summed E-state index contributed by atoms with van der Waals surface area (Å²) >= 11 is 0. The van der Waals surface area contributed by atoms with Crippen LogP contribution in [0.4, 0.5) is 0 Å². The fraction of sp³-hybridized carbons (Fsp3) is 0.312. The zero-order valence-corrected chi connectivity index (χ0v) is 12.1. The third kappa shape index (κ3) is 5.31. The summed E-state index contributed by atoms with van der Waals surface area (Å²) in [4.78, 5) is 22.1. The average Bonchev–Trinajstić information content (AvgIpc) is 2.54. The summed E-state index contributed by atoms with van der Waals surface area (Å²) in [5.74, 6) is -0.206. The van der Waals surface area contributed by atoms with Gasteiger partial charge in [-0.3, -0.25) is 19.7 Å².